The van der Waals surface area contributed by atoms with Gasteiger partial charge in [-0.25, -0.2) is 9.48 Å². The molecule has 0 aliphatic heterocycles. The van der Waals surface area contributed by atoms with E-state index in [9.17, 15) is 4.79 Å². The number of H-pyrrole nitrogens is 1. The van der Waals surface area contributed by atoms with E-state index in [1.54, 1.807) is 4.68 Å². The average Bonchev–Trinajstić information content (AvgIpc) is 3.38. The minimum Gasteiger partial charge on any atom is -0.279 e. The lowest BCUT2D eigenvalue weighted by molar-refractivity contribution is 0.137. The summed E-state index contributed by atoms with van der Waals surface area (Å²) >= 11 is 0. The summed E-state index contributed by atoms with van der Waals surface area (Å²) in [5.74, 6) is 5.11. The highest BCUT2D eigenvalue weighted by Gasteiger charge is 2.37. The van der Waals surface area contributed by atoms with Crippen molar-refractivity contribution in [2.45, 2.75) is 109 Å². The highest BCUT2D eigenvalue weighted by atomic mass is 16.2. The van der Waals surface area contributed by atoms with E-state index in [1.807, 2.05) is 4.57 Å². The lowest BCUT2D eigenvalue weighted by atomic mass is 9.66. The molecule has 5 rings (SSSR count). The van der Waals surface area contributed by atoms with Crippen LogP contribution in [0.2, 0.25) is 0 Å². The first kappa shape index (κ1) is 21.8. The highest BCUT2D eigenvalue weighted by Crippen LogP contribution is 2.46. The Hall–Kier alpha value is -1.99. The second-order valence-corrected chi connectivity index (χ2v) is 10.6. The van der Waals surface area contributed by atoms with Gasteiger partial charge in [-0.05, 0) is 81.5 Å². The Balaban J connectivity index is 1.23. The fraction of sp³-hybridized carbons (Fsp3) is 0.875. The maximum Gasteiger partial charge on any atom is 0.345 e. The Bertz CT molecular complexity index is 905. The number of tetrazole rings is 1. The lowest BCUT2D eigenvalue weighted by Gasteiger charge is -2.39. The van der Waals surface area contributed by atoms with Gasteiger partial charge in [0.1, 0.15) is 5.82 Å². The normalized spacial score (nSPS) is 28.8. The summed E-state index contributed by atoms with van der Waals surface area (Å²) < 4.78 is 3.80. The molecule has 2 aromatic rings. The van der Waals surface area contributed by atoms with Crippen molar-refractivity contribution in [2.24, 2.45) is 23.7 Å². The van der Waals surface area contributed by atoms with E-state index >= 15 is 0 Å². The Morgan fingerprint density at radius 2 is 1.72 bits per heavy atom. The van der Waals surface area contributed by atoms with Gasteiger partial charge in [-0.15, -0.1) is 10.2 Å². The number of rotatable bonds is 9. The fourth-order valence-corrected chi connectivity index (χ4v) is 6.28. The van der Waals surface area contributed by atoms with E-state index in [2.05, 4.69) is 27.5 Å². The summed E-state index contributed by atoms with van der Waals surface area (Å²) in [6, 6.07) is 0. The first-order valence-electron chi connectivity index (χ1n) is 13.1. The van der Waals surface area contributed by atoms with Gasteiger partial charge in [0.05, 0.1) is 0 Å². The molecule has 2 atom stereocenters. The summed E-state index contributed by atoms with van der Waals surface area (Å²) in [4.78, 5) is 13.1. The molecule has 3 fully saturated rings. The van der Waals surface area contributed by atoms with Gasteiger partial charge in [-0.1, -0.05) is 31.4 Å². The maximum atomic E-state index is 13.1. The van der Waals surface area contributed by atoms with Crippen LogP contribution in [0, 0.1) is 23.7 Å². The fourth-order valence-electron chi connectivity index (χ4n) is 6.28. The Labute approximate surface area is 190 Å². The molecule has 176 valence electrons. The molecule has 8 nitrogen and oxygen atoms in total. The molecule has 0 bridgehead atoms. The molecule has 32 heavy (non-hydrogen) atoms. The predicted molar refractivity (Wildman–Crippen MR) is 122 cm³/mol. The minimum atomic E-state index is 0.134. The van der Waals surface area contributed by atoms with E-state index in [0.717, 1.165) is 49.9 Å². The van der Waals surface area contributed by atoms with Crippen molar-refractivity contribution in [1.29, 1.82) is 0 Å². The molecule has 8 heteroatoms. The van der Waals surface area contributed by atoms with E-state index in [4.69, 9.17) is 5.10 Å². The van der Waals surface area contributed by atoms with Crippen molar-refractivity contribution in [2.75, 3.05) is 0 Å². The molecule has 1 N–H and O–H groups in total. The Morgan fingerprint density at radius 3 is 2.44 bits per heavy atom. The van der Waals surface area contributed by atoms with Crippen molar-refractivity contribution in [3.05, 3.63) is 22.1 Å². The summed E-state index contributed by atoms with van der Waals surface area (Å²) in [5, 5.41) is 19.9. The number of hydrogen-bond donors (Lipinski definition) is 1. The van der Waals surface area contributed by atoms with Crippen LogP contribution in [-0.4, -0.2) is 35.0 Å². The molecular formula is C24H39N7O. The quantitative estimate of drug-likeness (QED) is 0.632. The molecule has 0 saturated heterocycles. The van der Waals surface area contributed by atoms with Crippen LogP contribution >= 0.6 is 0 Å². The van der Waals surface area contributed by atoms with Crippen molar-refractivity contribution in [3.8, 4) is 0 Å². The number of hydrogen-bond acceptors (Lipinski definition) is 5. The van der Waals surface area contributed by atoms with Crippen LogP contribution in [0.3, 0.4) is 0 Å². The van der Waals surface area contributed by atoms with Gasteiger partial charge in [0.2, 0.25) is 0 Å². The van der Waals surface area contributed by atoms with Gasteiger partial charge < -0.3 is 0 Å². The summed E-state index contributed by atoms with van der Waals surface area (Å²) in [6.45, 7) is 3.88. The molecule has 3 saturated carbocycles. The second-order valence-electron chi connectivity index (χ2n) is 10.6. The smallest absolute Gasteiger partial charge is 0.279 e. The SMILES string of the molecule is CCCCc1nn(CC2CC2)c(=O)n1CC1CCC(C2CCCCC2c2nn[nH]n2)CC1. The Morgan fingerprint density at radius 1 is 0.969 bits per heavy atom. The van der Waals surface area contributed by atoms with E-state index in [0.29, 0.717) is 23.7 Å². The first-order valence-corrected chi connectivity index (χ1v) is 13.1. The van der Waals surface area contributed by atoms with Crippen LogP contribution in [-0.2, 0) is 19.5 Å². The topological polar surface area (TPSA) is 94.3 Å². The standard InChI is InChI=1S/C24H39N7O/c1-2-3-8-22-27-31(16-18-9-10-18)24(32)30(22)15-17-11-13-19(14-12-17)20-6-4-5-7-21(20)23-25-28-29-26-23/h17-21H,2-16H2,1H3,(H,25,26,28,29). The zero-order valence-electron chi connectivity index (χ0n) is 19.6. The van der Waals surface area contributed by atoms with Crippen LogP contribution in [0.1, 0.15) is 102 Å². The Kier molecular flexibility index (Phi) is 6.74. The molecule has 0 aromatic carbocycles. The van der Waals surface area contributed by atoms with Gasteiger partial charge in [-0.2, -0.15) is 10.3 Å². The van der Waals surface area contributed by atoms with Crippen LogP contribution in [0.25, 0.3) is 0 Å². The number of nitrogens with one attached hydrogen (secondary N) is 1. The maximum absolute atomic E-state index is 13.1. The largest absolute Gasteiger partial charge is 0.345 e. The van der Waals surface area contributed by atoms with Crippen molar-refractivity contribution in [1.82, 2.24) is 35.0 Å². The predicted octanol–water partition coefficient (Wildman–Crippen LogP) is 4.09. The van der Waals surface area contributed by atoms with Crippen LogP contribution in [0.15, 0.2) is 4.79 Å². The second kappa shape index (κ2) is 9.87. The molecule has 2 unspecified atom stereocenters. The van der Waals surface area contributed by atoms with Crippen LogP contribution in [0.4, 0.5) is 0 Å². The third-order valence-electron chi connectivity index (χ3n) is 8.33. The van der Waals surface area contributed by atoms with Crippen molar-refractivity contribution in [3.63, 3.8) is 0 Å². The molecular weight excluding hydrogens is 402 g/mol. The first-order chi connectivity index (χ1) is 15.7. The average molecular weight is 442 g/mol. The number of aromatic amines is 1. The zero-order chi connectivity index (χ0) is 21.9. The summed E-state index contributed by atoms with van der Waals surface area (Å²) in [5.41, 5.74) is 0.134. The molecule has 2 heterocycles. The number of unbranched alkanes of at least 4 members (excludes halogenated alkanes) is 1. The summed E-state index contributed by atoms with van der Waals surface area (Å²) in [6.07, 6.45) is 15.7. The number of aromatic nitrogens is 7. The van der Waals surface area contributed by atoms with Gasteiger partial charge >= 0.3 is 5.69 Å². The third-order valence-corrected chi connectivity index (χ3v) is 8.33. The number of aryl methyl sites for hydroxylation is 1. The van der Waals surface area contributed by atoms with E-state index < -0.39 is 0 Å². The molecule has 3 aliphatic carbocycles. The highest BCUT2D eigenvalue weighted by molar-refractivity contribution is 5.00. The lowest BCUT2D eigenvalue weighted by Crippen LogP contribution is -2.32. The summed E-state index contributed by atoms with van der Waals surface area (Å²) in [7, 11) is 0. The molecule has 2 aromatic heterocycles. The van der Waals surface area contributed by atoms with Crippen molar-refractivity contribution < 1.29 is 0 Å². The number of nitrogens with zero attached hydrogens (tertiary/aromatic N) is 6. The molecule has 0 spiro atoms. The van der Waals surface area contributed by atoms with Crippen LogP contribution < -0.4 is 5.69 Å². The van der Waals surface area contributed by atoms with E-state index in [1.165, 1.54) is 64.2 Å². The third kappa shape index (κ3) is 4.84. The van der Waals surface area contributed by atoms with E-state index in [-0.39, 0.29) is 5.69 Å². The van der Waals surface area contributed by atoms with Gasteiger partial charge in [0.25, 0.3) is 0 Å². The zero-order valence-corrected chi connectivity index (χ0v) is 19.6. The monoisotopic (exact) mass is 441 g/mol. The molecule has 3 aliphatic rings. The van der Waals surface area contributed by atoms with Gasteiger partial charge in [0.15, 0.2) is 5.82 Å². The van der Waals surface area contributed by atoms with Gasteiger partial charge in [0, 0.05) is 25.4 Å². The van der Waals surface area contributed by atoms with Crippen molar-refractivity contribution >= 4 is 0 Å². The minimum absolute atomic E-state index is 0.134. The van der Waals surface area contributed by atoms with Gasteiger partial charge in [-0.3, -0.25) is 4.57 Å². The van der Waals surface area contributed by atoms with Crippen LogP contribution in [0.5, 0.6) is 0 Å². The molecule has 0 amide bonds. The molecule has 0 radical (unpaired) electrons.